The molecule has 1 aromatic rings. The highest BCUT2D eigenvalue weighted by Gasteiger charge is 2.32. The number of carbonyl (C=O) groups is 8. The minimum atomic E-state index is -1.66. The van der Waals surface area contributed by atoms with Gasteiger partial charge in [-0.2, -0.15) is 11.8 Å². The first-order chi connectivity index (χ1) is 21.5. The van der Waals surface area contributed by atoms with E-state index in [1.807, 2.05) is 0 Å². The number of carboxylic acid groups (broad SMARTS) is 2. The number of nitrogens with one attached hydrogen (secondary N) is 5. The number of rotatable bonds is 20. The fourth-order valence-corrected chi connectivity index (χ4v) is 4.26. The summed E-state index contributed by atoms with van der Waals surface area (Å²) < 4.78 is 0. The van der Waals surface area contributed by atoms with Gasteiger partial charge in [-0.1, -0.05) is 0 Å². The maximum Gasteiger partial charge on any atom is 0.305 e. The van der Waals surface area contributed by atoms with Crippen molar-refractivity contribution in [3.05, 3.63) is 34.4 Å². The molecule has 0 saturated heterocycles. The van der Waals surface area contributed by atoms with Gasteiger partial charge in [-0.15, -0.1) is 0 Å². The lowest BCUT2D eigenvalue weighted by atomic mass is 10.1. The van der Waals surface area contributed by atoms with Crippen LogP contribution in [0, 0.1) is 10.1 Å². The Morgan fingerprint density at radius 3 is 1.67 bits per heavy atom. The van der Waals surface area contributed by atoms with E-state index in [0.717, 1.165) is 19.1 Å². The summed E-state index contributed by atoms with van der Waals surface area (Å²) in [5.74, 6) is -8.21. The number of amides is 6. The highest BCUT2D eigenvalue weighted by atomic mass is 32.2. The number of anilines is 1. The standard InChI is InChI=1S/C26H35N7O12S/c1-13(34)28-18(11-21(36)37)26(43)30-16(7-8-20(27)35)23(40)31-17(9-10-46-2)24(41)32-19(12-22(38)39)25(42)29-14-3-5-15(6-4-14)33(44)45/h3-6,16-19H,7-12H2,1-2H3,(H2,27,35)(H,28,34)(H,29,42)(H,30,43)(H,31,40)(H,32,41)(H,36,37)(H,38,39)/t16-,17-,18-,19-/m0/s1. The van der Waals surface area contributed by atoms with Crippen molar-refractivity contribution in [3.63, 3.8) is 0 Å². The summed E-state index contributed by atoms with van der Waals surface area (Å²) in [5.41, 5.74) is 4.98. The van der Waals surface area contributed by atoms with Crippen LogP contribution in [0.3, 0.4) is 0 Å². The highest BCUT2D eigenvalue weighted by molar-refractivity contribution is 7.98. The Labute approximate surface area is 265 Å². The van der Waals surface area contributed by atoms with Gasteiger partial charge in [-0.3, -0.25) is 48.5 Å². The van der Waals surface area contributed by atoms with E-state index < -0.39 is 95.7 Å². The molecule has 0 bridgehead atoms. The molecule has 0 spiro atoms. The number of thioether (sulfide) groups is 1. The number of non-ortho nitro benzene ring substituents is 1. The molecule has 0 aromatic heterocycles. The smallest absolute Gasteiger partial charge is 0.305 e. The molecule has 1 aromatic carbocycles. The van der Waals surface area contributed by atoms with Gasteiger partial charge in [-0.05, 0) is 37.0 Å². The van der Waals surface area contributed by atoms with Gasteiger partial charge in [0.25, 0.3) is 5.69 Å². The summed E-state index contributed by atoms with van der Waals surface area (Å²) >= 11 is 1.28. The van der Waals surface area contributed by atoms with Crippen LogP contribution in [0.1, 0.15) is 39.0 Å². The van der Waals surface area contributed by atoms with Gasteiger partial charge in [0, 0.05) is 31.2 Å². The van der Waals surface area contributed by atoms with Gasteiger partial charge in [-0.25, -0.2) is 0 Å². The number of hydrogen-bond acceptors (Lipinski definition) is 11. The van der Waals surface area contributed by atoms with Gasteiger partial charge in [0.2, 0.25) is 35.4 Å². The Morgan fingerprint density at radius 2 is 1.24 bits per heavy atom. The van der Waals surface area contributed by atoms with Gasteiger partial charge in [0.1, 0.15) is 24.2 Å². The van der Waals surface area contributed by atoms with Gasteiger partial charge < -0.3 is 42.5 Å². The Kier molecular flexibility index (Phi) is 16.2. The number of aliphatic carboxylic acids is 2. The SMILES string of the molecule is CSCC[C@H](NC(=O)[C@H](CCC(N)=O)NC(=O)[C@H](CC(=O)O)NC(C)=O)C(=O)N[C@@H](CC(=O)O)C(=O)Nc1ccc([N+](=O)[O-])cc1. The van der Waals surface area contributed by atoms with Crippen molar-refractivity contribution in [2.24, 2.45) is 5.73 Å². The largest absolute Gasteiger partial charge is 0.481 e. The molecule has 19 nitrogen and oxygen atoms in total. The van der Waals surface area contributed by atoms with Crippen molar-refractivity contribution in [2.75, 3.05) is 17.3 Å². The van der Waals surface area contributed by atoms with Crippen LogP contribution in [0.15, 0.2) is 24.3 Å². The molecule has 20 heteroatoms. The topological polar surface area (TPSA) is 306 Å². The lowest BCUT2D eigenvalue weighted by Crippen LogP contribution is -2.58. The summed E-state index contributed by atoms with van der Waals surface area (Å²) in [6, 6.07) is -1.57. The highest BCUT2D eigenvalue weighted by Crippen LogP contribution is 2.16. The Bertz CT molecular complexity index is 1310. The number of primary amides is 1. The minimum absolute atomic E-state index is 0.0352. The van der Waals surface area contributed by atoms with Crippen molar-refractivity contribution in [2.45, 2.75) is 63.2 Å². The number of hydrogen-bond donors (Lipinski definition) is 8. The van der Waals surface area contributed by atoms with E-state index in [0.29, 0.717) is 5.75 Å². The number of nitro benzene ring substituents is 1. The van der Waals surface area contributed by atoms with Crippen LogP contribution in [0.2, 0.25) is 0 Å². The zero-order valence-electron chi connectivity index (χ0n) is 24.8. The summed E-state index contributed by atoms with van der Waals surface area (Å²) in [6.45, 7) is 1.04. The van der Waals surface area contributed by atoms with Gasteiger partial charge >= 0.3 is 11.9 Å². The zero-order valence-corrected chi connectivity index (χ0v) is 25.6. The molecular formula is C26H35N7O12S. The van der Waals surface area contributed by atoms with E-state index in [-0.39, 0.29) is 24.2 Å². The molecule has 46 heavy (non-hydrogen) atoms. The first-order valence-corrected chi connectivity index (χ1v) is 14.9. The van der Waals surface area contributed by atoms with E-state index in [4.69, 9.17) is 10.8 Å². The normalized spacial score (nSPS) is 13.1. The van der Waals surface area contributed by atoms with E-state index in [1.54, 1.807) is 6.26 Å². The molecule has 0 aliphatic heterocycles. The van der Waals surface area contributed by atoms with Crippen LogP contribution >= 0.6 is 11.8 Å². The van der Waals surface area contributed by atoms with Crippen molar-refractivity contribution in [3.8, 4) is 0 Å². The molecule has 4 atom stereocenters. The number of carbonyl (C=O) groups excluding carboxylic acids is 6. The molecule has 0 radical (unpaired) electrons. The number of carboxylic acids is 2. The number of nitrogens with zero attached hydrogens (tertiary/aromatic N) is 1. The third-order valence-corrected chi connectivity index (χ3v) is 6.63. The van der Waals surface area contributed by atoms with Crippen LogP contribution in [0.5, 0.6) is 0 Å². The molecule has 0 aliphatic carbocycles. The monoisotopic (exact) mass is 669 g/mol. The Hall–Kier alpha value is -5.27. The average molecular weight is 670 g/mol. The second-order valence-electron chi connectivity index (χ2n) is 9.71. The summed E-state index contributed by atoms with van der Waals surface area (Å²) in [4.78, 5) is 108. The second kappa shape index (κ2) is 19.2. The predicted molar refractivity (Wildman–Crippen MR) is 161 cm³/mol. The third kappa shape index (κ3) is 14.5. The van der Waals surface area contributed by atoms with Crippen LogP contribution in [-0.4, -0.2) is 98.7 Å². The summed E-state index contributed by atoms with van der Waals surface area (Å²) in [5, 5.41) is 40.7. The number of nitrogens with two attached hydrogens (primary N) is 1. The minimum Gasteiger partial charge on any atom is -0.481 e. The van der Waals surface area contributed by atoms with Crippen LogP contribution < -0.4 is 32.3 Å². The molecule has 9 N–H and O–H groups in total. The molecule has 252 valence electrons. The fourth-order valence-electron chi connectivity index (χ4n) is 3.79. The summed E-state index contributed by atoms with van der Waals surface area (Å²) in [6.07, 6.45) is -0.828. The lowest BCUT2D eigenvalue weighted by Gasteiger charge is -2.26. The molecule has 0 aliphatic rings. The van der Waals surface area contributed by atoms with E-state index in [9.17, 15) is 53.6 Å². The number of nitro groups is 1. The van der Waals surface area contributed by atoms with Gasteiger partial charge in [0.15, 0.2) is 0 Å². The van der Waals surface area contributed by atoms with E-state index >= 15 is 0 Å². The maximum atomic E-state index is 13.3. The quantitative estimate of drug-likeness (QED) is 0.0577. The van der Waals surface area contributed by atoms with Crippen molar-refractivity contribution in [1.82, 2.24) is 21.3 Å². The van der Waals surface area contributed by atoms with Crippen molar-refractivity contribution < 1.29 is 53.5 Å². The molecule has 0 fully saturated rings. The van der Waals surface area contributed by atoms with Crippen molar-refractivity contribution >= 4 is 70.5 Å². The fraction of sp³-hybridized carbons (Fsp3) is 0.462. The van der Waals surface area contributed by atoms with Crippen LogP contribution in [0.25, 0.3) is 0 Å². The summed E-state index contributed by atoms with van der Waals surface area (Å²) in [7, 11) is 0. The lowest BCUT2D eigenvalue weighted by molar-refractivity contribution is -0.384. The van der Waals surface area contributed by atoms with E-state index in [2.05, 4.69) is 26.6 Å². The Balaban J connectivity index is 3.19. The molecule has 0 heterocycles. The number of benzene rings is 1. The first kappa shape index (κ1) is 38.8. The molecule has 6 amide bonds. The molecule has 1 rings (SSSR count). The predicted octanol–water partition coefficient (Wildman–Crippen LogP) is -1.54. The maximum absolute atomic E-state index is 13.3. The average Bonchev–Trinajstić information content (AvgIpc) is 2.95. The Morgan fingerprint density at radius 1 is 0.783 bits per heavy atom. The molecule has 0 saturated carbocycles. The van der Waals surface area contributed by atoms with E-state index in [1.165, 1.54) is 23.9 Å². The van der Waals surface area contributed by atoms with Crippen LogP contribution in [0.4, 0.5) is 11.4 Å². The molecule has 0 unspecified atom stereocenters. The first-order valence-electron chi connectivity index (χ1n) is 13.5. The van der Waals surface area contributed by atoms with Crippen molar-refractivity contribution in [1.29, 1.82) is 0 Å². The zero-order chi connectivity index (χ0) is 35.0. The van der Waals surface area contributed by atoms with Crippen LogP contribution in [-0.2, 0) is 38.4 Å². The third-order valence-electron chi connectivity index (χ3n) is 5.99. The second-order valence-corrected chi connectivity index (χ2v) is 10.7. The van der Waals surface area contributed by atoms with Gasteiger partial charge in [0.05, 0.1) is 17.8 Å². The molecular weight excluding hydrogens is 634 g/mol.